The molecule has 0 fully saturated rings. The van der Waals surface area contributed by atoms with E-state index in [4.69, 9.17) is 11.6 Å². The van der Waals surface area contributed by atoms with Gasteiger partial charge < -0.3 is 5.11 Å². The van der Waals surface area contributed by atoms with E-state index in [0.29, 0.717) is 5.92 Å². The molecular formula is C13H19ClOS. The predicted molar refractivity (Wildman–Crippen MR) is 73.3 cm³/mol. The summed E-state index contributed by atoms with van der Waals surface area (Å²) in [5.41, 5.74) is 1.96. The Hall–Kier alpha value is -0.180. The first-order valence-corrected chi connectivity index (χ1v) is 7.06. The van der Waals surface area contributed by atoms with Crippen LogP contribution in [0.25, 0.3) is 0 Å². The summed E-state index contributed by atoms with van der Waals surface area (Å²) in [6, 6.07) is 5.76. The number of benzene rings is 1. The first-order valence-electron chi connectivity index (χ1n) is 5.52. The second-order valence-electron chi connectivity index (χ2n) is 4.46. The van der Waals surface area contributed by atoms with Crippen molar-refractivity contribution in [1.29, 1.82) is 0 Å². The third-order valence-electron chi connectivity index (χ3n) is 2.31. The van der Waals surface area contributed by atoms with Crippen LogP contribution < -0.4 is 0 Å². The molecule has 0 aliphatic carbocycles. The molecule has 16 heavy (non-hydrogen) atoms. The number of rotatable bonds is 5. The molecule has 1 aromatic carbocycles. The summed E-state index contributed by atoms with van der Waals surface area (Å²) in [4.78, 5) is 0. The average Bonchev–Trinajstić information content (AvgIpc) is 2.21. The molecule has 0 radical (unpaired) electrons. The van der Waals surface area contributed by atoms with Crippen molar-refractivity contribution in [3.63, 3.8) is 0 Å². The molecule has 0 saturated carbocycles. The van der Waals surface area contributed by atoms with E-state index in [1.54, 1.807) is 11.8 Å². The Bertz CT molecular complexity index is 339. The molecule has 1 N–H and O–H groups in total. The van der Waals surface area contributed by atoms with E-state index in [-0.39, 0.29) is 0 Å². The van der Waals surface area contributed by atoms with Gasteiger partial charge in [-0.1, -0.05) is 37.6 Å². The lowest BCUT2D eigenvalue weighted by atomic mass is 10.1. The Kier molecular flexibility index (Phi) is 5.67. The largest absolute Gasteiger partial charge is 0.388 e. The highest BCUT2D eigenvalue weighted by atomic mass is 35.5. The molecule has 3 heteroatoms. The van der Waals surface area contributed by atoms with Crippen LogP contribution in [0.1, 0.15) is 31.1 Å². The lowest BCUT2D eigenvalue weighted by Gasteiger charge is -2.12. The van der Waals surface area contributed by atoms with Crippen molar-refractivity contribution in [3.8, 4) is 0 Å². The predicted octanol–water partition coefficient (Wildman–Crippen LogP) is 4.07. The molecular weight excluding hydrogens is 240 g/mol. The van der Waals surface area contributed by atoms with E-state index in [0.717, 1.165) is 27.7 Å². The van der Waals surface area contributed by atoms with Gasteiger partial charge in [-0.25, -0.2) is 0 Å². The number of aliphatic hydroxyl groups is 1. The van der Waals surface area contributed by atoms with E-state index >= 15 is 0 Å². The minimum Gasteiger partial charge on any atom is -0.388 e. The van der Waals surface area contributed by atoms with Crippen molar-refractivity contribution in [1.82, 2.24) is 0 Å². The number of hydrogen-bond acceptors (Lipinski definition) is 2. The van der Waals surface area contributed by atoms with Crippen LogP contribution in [0, 0.1) is 12.8 Å². The third kappa shape index (κ3) is 4.36. The van der Waals surface area contributed by atoms with Crippen molar-refractivity contribution in [2.75, 3.05) is 11.5 Å². The molecule has 0 amide bonds. The molecule has 0 aliphatic heterocycles. The van der Waals surface area contributed by atoms with Crippen LogP contribution in [0.4, 0.5) is 0 Å². The maximum atomic E-state index is 9.97. The highest BCUT2D eigenvalue weighted by Crippen LogP contribution is 2.24. The maximum Gasteiger partial charge on any atom is 0.0880 e. The Morgan fingerprint density at radius 3 is 2.56 bits per heavy atom. The van der Waals surface area contributed by atoms with E-state index in [1.807, 2.05) is 25.1 Å². The molecule has 0 aromatic heterocycles. The van der Waals surface area contributed by atoms with Crippen LogP contribution in [0.3, 0.4) is 0 Å². The monoisotopic (exact) mass is 258 g/mol. The summed E-state index contributed by atoms with van der Waals surface area (Å²) < 4.78 is 0. The summed E-state index contributed by atoms with van der Waals surface area (Å²) in [6.45, 7) is 6.33. The third-order valence-corrected chi connectivity index (χ3v) is 4.17. The SMILES string of the molecule is Cc1ccc(C(O)CSCC(C)C)cc1Cl. The van der Waals surface area contributed by atoms with Crippen molar-refractivity contribution in [3.05, 3.63) is 34.3 Å². The molecule has 0 spiro atoms. The Labute approximate surface area is 107 Å². The number of aliphatic hydroxyl groups excluding tert-OH is 1. The highest BCUT2D eigenvalue weighted by Gasteiger charge is 2.09. The van der Waals surface area contributed by atoms with Gasteiger partial charge in [0, 0.05) is 10.8 Å². The molecule has 0 heterocycles. The fraction of sp³-hybridized carbons (Fsp3) is 0.538. The molecule has 0 saturated heterocycles. The summed E-state index contributed by atoms with van der Waals surface area (Å²) in [5, 5.41) is 10.7. The molecule has 1 aromatic rings. The van der Waals surface area contributed by atoms with Crippen LogP contribution in [-0.2, 0) is 0 Å². The van der Waals surface area contributed by atoms with Gasteiger partial charge in [-0.3, -0.25) is 0 Å². The second-order valence-corrected chi connectivity index (χ2v) is 5.94. The molecule has 1 rings (SSSR count). The van der Waals surface area contributed by atoms with Crippen molar-refractivity contribution in [2.24, 2.45) is 5.92 Å². The number of thioether (sulfide) groups is 1. The van der Waals surface area contributed by atoms with Gasteiger partial charge in [0.2, 0.25) is 0 Å². The summed E-state index contributed by atoms with van der Waals surface area (Å²) >= 11 is 7.81. The smallest absolute Gasteiger partial charge is 0.0880 e. The van der Waals surface area contributed by atoms with Crippen molar-refractivity contribution < 1.29 is 5.11 Å². The first kappa shape index (κ1) is 13.9. The van der Waals surface area contributed by atoms with Crippen LogP contribution in [0.15, 0.2) is 18.2 Å². The van der Waals surface area contributed by atoms with Crippen molar-refractivity contribution in [2.45, 2.75) is 26.9 Å². The zero-order valence-corrected chi connectivity index (χ0v) is 11.6. The van der Waals surface area contributed by atoms with Crippen LogP contribution in [0.2, 0.25) is 5.02 Å². The molecule has 1 unspecified atom stereocenters. The standard InChI is InChI=1S/C13H19ClOS/c1-9(2)7-16-8-13(15)11-5-4-10(3)12(14)6-11/h4-6,9,13,15H,7-8H2,1-3H3. The Balaban J connectivity index is 2.52. The molecule has 0 bridgehead atoms. The van der Waals surface area contributed by atoms with Gasteiger partial charge >= 0.3 is 0 Å². The molecule has 90 valence electrons. The number of aryl methyl sites for hydroxylation is 1. The van der Waals surface area contributed by atoms with E-state index in [2.05, 4.69) is 13.8 Å². The molecule has 0 aliphatic rings. The molecule has 1 nitrogen and oxygen atoms in total. The van der Waals surface area contributed by atoms with Crippen LogP contribution in [-0.4, -0.2) is 16.6 Å². The van der Waals surface area contributed by atoms with E-state index < -0.39 is 6.10 Å². The summed E-state index contributed by atoms with van der Waals surface area (Å²) in [7, 11) is 0. The van der Waals surface area contributed by atoms with Crippen molar-refractivity contribution >= 4 is 23.4 Å². The molecule has 1 atom stereocenters. The summed E-state index contributed by atoms with van der Waals surface area (Å²) in [5.74, 6) is 2.48. The minimum atomic E-state index is -0.415. The van der Waals surface area contributed by atoms with E-state index in [9.17, 15) is 5.11 Å². The second kappa shape index (κ2) is 6.53. The van der Waals surface area contributed by atoms with Gasteiger partial charge in [0.25, 0.3) is 0 Å². The Morgan fingerprint density at radius 2 is 2.00 bits per heavy atom. The van der Waals surface area contributed by atoms with Gasteiger partial charge in [-0.15, -0.1) is 0 Å². The average molecular weight is 259 g/mol. The number of hydrogen-bond donors (Lipinski definition) is 1. The van der Waals surface area contributed by atoms with E-state index in [1.165, 1.54) is 0 Å². The van der Waals surface area contributed by atoms with Gasteiger partial charge in [0.1, 0.15) is 0 Å². The topological polar surface area (TPSA) is 20.2 Å². The fourth-order valence-electron chi connectivity index (χ4n) is 1.33. The Morgan fingerprint density at radius 1 is 1.31 bits per heavy atom. The van der Waals surface area contributed by atoms with Gasteiger partial charge in [0.15, 0.2) is 0 Å². The van der Waals surface area contributed by atoms with Crippen LogP contribution in [0.5, 0.6) is 0 Å². The highest BCUT2D eigenvalue weighted by molar-refractivity contribution is 7.99. The van der Waals surface area contributed by atoms with Gasteiger partial charge in [0.05, 0.1) is 6.10 Å². The normalized spacial score (nSPS) is 13.1. The van der Waals surface area contributed by atoms with Crippen LogP contribution >= 0.6 is 23.4 Å². The quantitative estimate of drug-likeness (QED) is 0.859. The fourth-order valence-corrected chi connectivity index (χ4v) is 2.54. The zero-order chi connectivity index (χ0) is 12.1. The lowest BCUT2D eigenvalue weighted by molar-refractivity contribution is 0.204. The zero-order valence-electron chi connectivity index (χ0n) is 10.0. The first-order chi connectivity index (χ1) is 7.50. The lowest BCUT2D eigenvalue weighted by Crippen LogP contribution is -2.03. The maximum absolute atomic E-state index is 9.97. The number of halogens is 1. The summed E-state index contributed by atoms with van der Waals surface area (Å²) in [6.07, 6.45) is -0.415. The minimum absolute atomic E-state index is 0.415. The van der Waals surface area contributed by atoms with Gasteiger partial charge in [-0.2, -0.15) is 11.8 Å². The van der Waals surface area contributed by atoms with Gasteiger partial charge in [-0.05, 0) is 35.8 Å².